The highest BCUT2D eigenvalue weighted by molar-refractivity contribution is 7.89. The third-order valence-electron chi connectivity index (χ3n) is 4.30. The van der Waals surface area contributed by atoms with Crippen molar-refractivity contribution < 1.29 is 8.42 Å². The minimum atomic E-state index is -3.41. The SMILES string of the molecule is Cc1cc(Cl)ccc1S(=O)(=O)N1CCN(C2CNC2)CC1. The van der Waals surface area contributed by atoms with Crippen LogP contribution in [0.25, 0.3) is 0 Å². The number of benzene rings is 1. The van der Waals surface area contributed by atoms with Gasteiger partial charge >= 0.3 is 0 Å². The average Bonchev–Trinajstić information content (AvgIpc) is 2.37. The van der Waals surface area contributed by atoms with E-state index in [1.165, 1.54) is 0 Å². The van der Waals surface area contributed by atoms with Crippen LogP contribution in [0, 0.1) is 6.92 Å². The molecule has 1 aromatic carbocycles. The van der Waals surface area contributed by atoms with Crippen LogP contribution in [0.5, 0.6) is 0 Å². The molecule has 116 valence electrons. The van der Waals surface area contributed by atoms with E-state index < -0.39 is 10.0 Å². The molecule has 21 heavy (non-hydrogen) atoms. The second kappa shape index (κ2) is 5.85. The monoisotopic (exact) mass is 329 g/mol. The van der Waals surface area contributed by atoms with Gasteiger partial charge in [-0.25, -0.2) is 8.42 Å². The van der Waals surface area contributed by atoms with E-state index in [0.717, 1.165) is 26.2 Å². The van der Waals surface area contributed by atoms with Gasteiger partial charge in [-0.15, -0.1) is 0 Å². The van der Waals surface area contributed by atoms with Gasteiger partial charge in [0.05, 0.1) is 4.90 Å². The van der Waals surface area contributed by atoms with E-state index in [9.17, 15) is 8.42 Å². The zero-order chi connectivity index (χ0) is 15.0. The Labute approximate surface area is 130 Å². The summed E-state index contributed by atoms with van der Waals surface area (Å²) in [5.41, 5.74) is 0.702. The second-order valence-electron chi connectivity index (χ2n) is 5.66. The molecule has 1 N–H and O–H groups in total. The fourth-order valence-corrected chi connectivity index (χ4v) is 4.74. The molecular weight excluding hydrogens is 310 g/mol. The number of aryl methyl sites for hydroxylation is 1. The molecule has 1 aromatic rings. The van der Waals surface area contributed by atoms with Gasteiger partial charge in [0.1, 0.15) is 0 Å². The Hall–Kier alpha value is -0.660. The van der Waals surface area contributed by atoms with Crippen molar-refractivity contribution >= 4 is 21.6 Å². The maximum Gasteiger partial charge on any atom is 0.243 e. The average molecular weight is 330 g/mol. The lowest BCUT2D eigenvalue weighted by Gasteiger charge is -2.42. The fourth-order valence-electron chi connectivity index (χ4n) is 2.88. The fraction of sp³-hybridized carbons (Fsp3) is 0.571. The lowest BCUT2D eigenvalue weighted by atomic mass is 10.1. The van der Waals surface area contributed by atoms with Crippen molar-refractivity contribution in [2.45, 2.75) is 17.9 Å². The van der Waals surface area contributed by atoms with Gasteiger partial charge in [0, 0.05) is 50.3 Å². The van der Waals surface area contributed by atoms with E-state index in [0.29, 0.717) is 34.6 Å². The van der Waals surface area contributed by atoms with Crippen LogP contribution in [0.15, 0.2) is 23.1 Å². The molecule has 0 bridgehead atoms. The second-order valence-corrected chi connectivity index (χ2v) is 8.00. The van der Waals surface area contributed by atoms with Gasteiger partial charge in [0.2, 0.25) is 10.0 Å². The maximum atomic E-state index is 12.7. The Bertz CT molecular complexity index is 623. The molecule has 0 radical (unpaired) electrons. The standard InChI is InChI=1S/C14H20ClN3O2S/c1-11-8-12(15)2-3-14(11)21(19,20)18-6-4-17(5-7-18)13-9-16-10-13/h2-3,8,13,16H,4-7,9-10H2,1H3. The van der Waals surface area contributed by atoms with Gasteiger partial charge in [0.25, 0.3) is 0 Å². The molecular formula is C14H20ClN3O2S. The number of piperazine rings is 1. The minimum Gasteiger partial charge on any atom is -0.314 e. The Morgan fingerprint density at radius 3 is 2.38 bits per heavy atom. The number of rotatable bonds is 3. The van der Waals surface area contributed by atoms with Crippen LogP contribution in [-0.4, -0.2) is 62.9 Å². The van der Waals surface area contributed by atoms with Gasteiger partial charge in [-0.3, -0.25) is 4.90 Å². The minimum absolute atomic E-state index is 0.366. The Kier molecular flexibility index (Phi) is 4.25. The molecule has 0 atom stereocenters. The van der Waals surface area contributed by atoms with Crippen molar-refractivity contribution in [3.63, 3.8) is 0 Å². The predicted molar refractivity (Wildman–Crippen MR) is 83.2 cm³/mol. The summed E-state index contributed by atoms with van der Waals surface area (Å²) >= 11 is 5.91. The summed E-state index contributed by atoms with van der Waals surface area (Å²) in [6.07, 6.45) is 0. The molecule has 0 spiro atoms. The first kappa shape index (κ1) is 15.2. The largest absolute Gasteiger partial charge is 0.314 e. The van der Waals surface area contributed by atoms with Crippen molar-refractivity contribution in [3.8, 4) is 0 Å². The topological polar surface area (TPSA) is 52.7 Å². The van der Waals surface area contributed by atoms with Crippen LogP contribution in [0.3, 0.4) is 0 Å². The van der Waals surface area contributed by atoms with E-state index in [-0.39, 0.29) is 0 Å². The van der Waals surface area contributed by atoms with Crippen molar-refractivity contribution in [1.29, 1.82) is 0 Å². The molecule has 0 aliphatic carbocycles. The lowest BCUT2D eigenvalue weighted by Crippen LogP contribution is -2.62. The quantitative estimate of drug-likeness (QED) is 0.896. The van der Waals surface area contributed by atoms with Crippen LogP contribution in [-0.2, 0) is 10.0 Å². The molecule has 2 heterocycles. The van der Waals surface area contributed by atoms with Crippen LogP contribution in [0.2, 0.25) is 5.02 Å². The zero-order valence-corrected chi connectivity index (χ0v) is 13.6. The Morgan fingerprint density at radius 1 is 1.19 bits per heavy atom. The van der Waals surface area contributed by atoms with E-state index in [4.69, 9.17) is 11.6 Å². The van der Waals surface area contributed by atoms with Crippen LogP contribution in [0.1, 0.15) is 5.56 Å². The zero-order valence-electron chi connectivity index (χ0n) is 12.0. The number of hydrogen-bond donors (Lipinski definition) is 1. The van der Waals surface area contributed by atoms with Gasteiger partial charge < -0.3 is 5.32 Å². The van der Waals surface area contributed by atoms with E-state index in [2.05, 4.69) is 10.2 Å². The number of nitrogens with zero attached hydrogens (tertiary/aromatic N) is 2. The lowest BCUT2D eigenvalue weighted by molar-refractivity contribution is 0.103. The molecule has 0 aromatic heterocycles. The number of nitrogens with one attached hydrogen (secondary N) is 1. The van der Waals surface area contributed by atoms with E-state index in [1.54, 1.807) is 29.4 Å². The van der Waals surface area contributed by atoms with Crippen LogP contribution < -0.4 is 5.32 Å². The first-order valence-electron chi connectivity index (χ1n) is 7.19. The molecule has 0 saturated carbocycles. The Morgan fingerprint density at radius 2 is 1.86 bits per heavy atom. The van der Waals surface area contributed by atoms with Gasteiger partial charge in [-0.05, 0) is 30.7 Å². The van der Waals surface area contributed by atoms with Gasteiger partial charge in [-0.2, -0.15) is 4.31 Å². The molecule has 3 rings (SSSR count). The van der Waals surface area contributed by atoms with Gasteiger partial charge in [-0.1, -0.05) is 11.6 Å². The third-order valence-corrected chi connectivity index (χ3v) is 6.60. The highest BCUT2D eigenvalue weighted by atomic mass is 35.5. The molecule has 2 fully saturated rings. The molecule has 7 heteroatoms. The van der Waals surface area contributed by atoms with E-state index in [1.807, 2.05) is 0 Å². The first-order valence-corrected chi connectivity index (χ1v) is 9.01. The highest BCUT2D eigenvalue weighted by Crippen LogP contribution is 2.24. The molecule has 0 unspecified atom stereocenters. The van der Waals surface area contributed by atoms with Crippen molar-refractivity contribution in [3.05, 3.63) is 28.8 Å². The summed E-state index contributed by atoms with van der Waals surface area (Å²) < 4.78 is 27.1. The van der Waals surface area contributed by atoms with Crippen molar-refractivity contribution in [2.24, 2.45) is 0 Å². The number of sulfonamides is 1. The molecule has 0 amide bonds. The highest BCUT2D eigenvalue weighted by Gasteiger charge is 2.33. The van der Waals surface area contributed by atoms with Crippen LogP contribution >= 0.6 is 11.6 Å². The molecule has 2 aliphatic heterocycles. The maximum absolute atomic E-state index is 12.7. The van der Waals surface area contributed by atoms with Gasteiger partial charge in [0.15, 0.2) is 0 Å². The summed E-state index contributed by atoms with van der Waals surface area (Å²) in [5, 5.41) is 3.82. The molecule has 2 aliphatic rings. The smallest absolute Gasteiger partial charge is 0.243 e. The summed E-state index contributed by atoms with van der Waals surface area (Å²) in [6.45, 7) is 6.54. The first-order chi connectivity index (χ1) is 9.98. The van der Waals surface area contributed by atoms with Crippen molar-refractivity contribution in [1.82, 2.24) is 14.5 Å². The van der Waals surface area contributed by atoms with Crippen LogP contribution in [0.4, 0.5) is 0 Å². The van der Waals surface area contributed by atoms with Crippen molar-refractivity contribution in [2.75, 3.05) is 39.3 Å². The molecule has 5 nitrogen and oxygen atoms in total. The normalized spacial score (nSPS) is 22.2. The summed E-state index contributed by atoms with van der Waals surface area (Å²) in [4.78, 5) is 2.74. The molecule has 2 saturated heterocycles. The van der Waals surface area contributed by atoms with E-state index >= 15 is 0 Å². The number of hydrogen-bond acceptors (Lipinski definition) is 4. The Balaban J connectivity index is 1.73. The summed E-state index contributed by atoms with van der Waals surface area (Å²) in [5.74, 6) is 0. The summed E-state index contributed by atoms with van der Waals surface area (Å²) in [7, 11) is -3.41. The number of halogens is 1. The summed E-state index contributed by atoms with van der Waals surface area (Å²) in [6, 6.07) is 5.52. The third kappa shape index (κ3) is 2.96. The predicted octanol–water partition coefficient (Wildman–Crippen LogP) is 0.927.